The minimum absolute atomic E-state index is 0.0359. The summed E-state index contributed by atoms with van der Waals surface area (Å²) < 4.78 is 0. The molecule has 64 valence electrons. The van der Waals surface area contributed by atoms with Crippen molar-refractivity contribution in [1.29, 1.82) is 0 Å². The first-order chi connectivity index (χ1) is 5.20. The lowest BCUT2D eigenvalue weighted by atomic mass is 9.79. The van der Waals surface area contributed by atoms with Crippen LogP contribution < -0.4 is 0 Å². The molecule has 0 aromatic carbocycles. The summed E-state index contributed by atoms with van der Waals surface area (Å²) in [6.07, 6.45) is 4.01. The quantitative estimate of drug-likeness (QED) is 0.613. The van der Waals surface area contributed by atoms with E-state index in [1.807, 2.05) is 0 Å². The fourth-order valence-corrected chi connectivity index (χ4v) is 3.24. The molecule has 0 amide bonds. The number of hydrogen-bond acceptors (Lipinski definition) is 1. The van der Waals surface area contributed by atoms with E-state index in [9.17, 15) is 5.11 Å². The second-order valence-corrected chi connectivity index (χ2v) is 4.65. The highest BCUT2D eigenvalue weighted by atomic mass is 16.3. The van der Waals surface area contributed by atoms with Crippen LogP contribution in [0.15, 0.2) is 0 Å². The number of fused-ring (bicyclic) bond motifs is 2. The molecule has 2 rings (SSSR count). The average molecular weight is 154 g/mol. The number of hydrogen-bond donors (Lipinski definition) is 1. The Kier molecular flexibility index (Phi) is 1.71. The van der Waals surface area contributed by atoms with Gasteiger partial charge in [-0.25, -0.2) is 0 Å². The topological polar surface area (TPSA) is 20.2 Å². The molecule has 0 radical (unpaired) electrons. The van der Waals surface area contributed by atoms with Gasteiger partial charge in [-0.3, -0.25) is 0 Å². The third-order valence-corrected chi connectivity index (χ3v) is 3.71. The maximum Gasteiger partial charge on any atom is 0.0601 e. The first-order valence-electron chi connectivity index (χ1n) is 4.88. The van der Waals surface area contributed by atoms with E-state index in [4.69, 9.17) is 0 Å². The lowest BCUT2D eigenvalue weighted by molar-refractivity contribution is 0.0361. The Balaban J connectivity index is 2.11. The van der Waals surface area contributed by atoms with Gasteiger partial charge in [-0.05, 0) is 42.9 Å². The van der Waals surface area contributed by atoms with Crippen molar-refractivity contribution in [3.63, 3.8) is 0 Å². The molecule has 0 aliphatic heterocycles. The third-order valence-electron chi connectivity index (χ3n) is 3.71. The first kappa shape index (κ1) is 7.60. The summed E-state index contributed by atoms with van der Waals surface area (Å²) in [5.74, 6) is 2.82. The number of aliphatic hydroxyl groups excluding tert-OH is 1. The predicted molar refractivity (Wildman–Crippen MR) is 45.2 cm³/mol. The standard InChI is InChI=1S/C10H18O/c1-6(2)9-7-3-4-8(5-7)10(9)11/h6-11H,3-5H2,1-2H3/t7-,8+,9+,10+/m0/s1. The predicted octanol–water partition coefficient (Wildman–Crippen LogP) is 2.05. The van der Waals surface area contributed by atoms with Gasteiger partial charge in [0, 0.05) is 0 Å². The summed E-state index contributed by atoms with van der Waals surface area (Å²) in [5, 5.41) is 9.85. The molecule has 0 unspecified atom stereocenters. The van der Waals surface area contributed by atoms with Crippen molar-refractivity contribution in [1.82, 2.24) is 0 Å². The van der Waals surface area contributed by atoms with E-state index in [1.54, 1.807) is 0 Å². The SMILES string of the molecule is CC(C)[C@@H]1[C@H]2CC[C@H](C2)[C@H]1O. The van der Waals surface area contributed by atoms with Crippen LogP contribution >= 0.6 is 0 Å². The van der Waals surface area contributed by atoms with Crippen molar-refractivity contribution in [2.24, 2.45) is 23.7 Å². The van der Waals surface area contributed by atoms with Gasteiger partial charge in [0.05, 0.1) is 6.10 Å². The highest BCUT2D eigenvalue weighted by Gasteiger charge is 2.47. The molecule has 4 atom stereocenters. The van der Waals surface area contributed by atoms with Gasteiger partial charge in [-0.2, -0.15) is 0 Å². The van der Waals surface area contributed by atoms with Gasteiger partial charge in [0.15, 0.2) is 0 Å². The van der Waals surface area contributed by atoms with E-state index in [-0.39, 0.29) is 6.10 Å². The van der Waals surface area contributed by atoms with Crippen LogP contribution in [-0.4, -0.2) is 11.2 Å². The average Bonchev–Trinajstić information content (AvgIpc) is 2.44. The lowest BCUT2D eigenvalue weighted by Gasteiger charge is -2.30. The van der Waals surface area contributed by atoms with Crippen molar-refractivity contribution >= 4 is 0 Å². The largest absolute Gasteiger partial charge is 0.393 e. The van der Waals surface area contributed by atoms with Crippen molar-refractivity contribution in [2.75, 3.05) is 0 Å². The highest BCUT2D eigenvalue weighted by molar-refractivity contribution is 4.97. The molecule has 0 heterocycles. The van der Waals surface area contributed by atoms with Crippen molar-refractivity contribution in [2.45, 2.75) is 39.2 Å². The van der Waals surface area contributed by atoms with Gasteiger partial charge in [0.2, 0.25) is 0 Å². The fraction of sp³-hybridized carbons (Fsp3) is 1.00. The summed E-state index contributed by atoms with van der Waals surface area (Å²) in [6, 6.07) is 0. The Morgan fingerprint density at radius 3 is 2.18 bits per heavy atom. The molecule has 0 aromatic heterocycles. The van der Waals surface area contributed by atoms with Crippen LogP contribution in [0.2, 0.25) is 0 Å². The molecular weight excluding hydrogens is 136 g/mol. The van der Waals surface area contributed by atoms with E-state index in [2.05, 4.69) is 13.8 Å². The molecule has 2 aliphatic rings. The molecule has 2 saturated carbocycles. The Labute approximate surface area is 68.8 Å². The van der Waals surface area contributed by atoms with Crippen molar-refractivity contribution < 1.29 is 5.11 Å². The molecule has 2 aliphatic carbocycles. The zero-order chi connectivity index (χ0) is 8.01. The maximum atomic E-state index is 9.85. The van der Waals surface area contributed by atoms with E-state index in [1.165, 1.54) is 19.3 Å². The van der Waals surface area contributed by atoms with Crippen LogP contribution in [0.1, 0.15) is 33.1 Å². The molecule has 0 saturated heterocycles. The first-order valence-corrected chi connectivity index (χ1v) is 4.88. The van der Waals surface area contributed by atoms with Crippen LogP contribution in [0.25, 0.3) is 0 Å². The smallest absolute Gasteiger partial charge is 0.0601 e. The second-order valence-electron chi connectivity index (χ2n) is 4.65. The van der Waals surface area contributed by atoms with Gasteiger partial charge in [-0.1, -0.05) is 13.8 Å². The van der Waals surface area contributed by atoms with Gasteiger partial charge in [-0.15, -0.1) is 0 Å². The Hall–Kier alpha value is -0.0400. The summed E-state index contributed by atoms with van der Waals surface area (Å²) in [6.45, 7) is 4.49. The zero-order valence-corrected chi connectivity index (χ0v) is 7.46. The minimum Gasteiger partial charge on any atom is -0.393 e. The second kappa shape index (κ2) is 2.48. The van der Waals surface area contributed by atoms with Crippen LogP contribution in [0, 0.1) is 23.7 Å². The summed E-state index contributed by atoms with van der Waals surface area (Å²) in [5.41, 5.74) is 0. The maximum absolute atomic E-state index is 9.85. The molecular formula is C10H18O. The summed E-state index contributed by atoms with van der Waals surface area (Å²) >= 11 is 0. The molecule has 2 bridgehead atoms. The van der Waals surface area contributed by atoms with Crippen LogP contribution in [0.3, 0.4) is 0 Å². The van der Waals surface area contributed by atoms with E-state index < -0.39 is 0 Å². The molecule has 1 heteroatoms. The summed E-state index contributed by atoms with van der Waals surface area (Å²) in [4.78, 5) is 0. The molecule has 11 heavy (non-hydrogen) atoms. The van der Waals surface area contributed by atoms with E-state index in [0.29, 0.717) is 17.8 Å². The lowest BCUT2D eigenvalue weighted by Crippen LogP contribution is -2.30. The van der Waals surface area contributed by atoms with Crippen LogP contribution in [0.5, 0.6) is 0 Å². The number of aliphatic hydroxyl groups is 1. The van der Waals surface area contributed by atoms with Gasteiger partial charge in [0.1, 0.15) is 0 Å². The Morgan fingerprint density at radius 1 is 1.18 bits per heavy atom. The molecule has 1 N–H and O–H groups in total. The van der Waals surface area contributed by atoms with Crippen molar-refractivity contribution in [3.8, 4) is 0 Å². The van der Waals surface area contributed by atoms with Crippen molar-refractivity contribution in [3.05, 3.63) is 0 Å². The van der Waals surface area contributed by atoms with Gasteiger partial charge in [0.25, 0.3) is 0 Å². The number of rotatable bonds is 1. The van der Waals surface area contributed by atoms with Gasteiger partial charge >= 0.3 is 0 Å². The molecule has 1 nitrogen and oxygen atoms in total. The molecule has 0 spiro atoms. The van der Waals surface area contributed by atoms with E-state index in [0.717, 1.165) is 5.92 Å². The zero-order valence-electron chi connectivity index (χ0n) is 7.46. The molecule has 0 aromatic rings. The highest BCUT2D eigenvalue weighted by Crippen LogP contribution is 2.50. The van der Waals surface area contributed by atoms with E-state index >= 15 is 0 Å². The normalized spacial score (nSPS) is 49.1. The Morgan fingerprint density at radius 2 is 1.82 bits per heavy atom. The van der Waals surface area contributed by atoms with Crippen LogP contribution in [-0.2, 0) is 0 Å². The Bertz CT molecular complexity index is 151. The monoisotopic (exact) mass is 154 g/mol. The fourth-order valence-electron chi connectivity index (χ4n) is 3.24. The van der Waals surface area contributed by atoms with Crippen LogP contribution in [0.4, 0.5) is 0 Å². The third kappa shape index (κ3) is 1.01. The molecule has 2 fully saturated rings. The van der Waals surface area contributed by atoms with Gasteiger partial charge < -0.3 is 5.11 Å². The summed E-state index contributed by atoms with van der Waals surface area (Å²) in [7, 11) is 0. The minimum atomic E-state index is 0.0359.